The lowest BCUT2D eigenvalue weighted by molar-refractivity contribution is -0.384. The predicted molar refractivity (Wildman–Crippen MR) is 142 cm³/mol. The topological polar surface area (TPSA) is 72.5 Å². The summed E-state index contributed by atoms with van der Waals surface area (Å²) in [4.78, 5) is 29.0. The minimum atomic E-state index is 0.136. The summed E-state index contributed by atoms with van der Waals surface area (Å²) in [5.74, 6) is 3.95. The van der Waals surface area contributed by atoms with Gasteiger partial charge in [0.15, 0.2) is 0 Å². The molecule has 2 N–H and O–H groups in total. The molecule has 0 aliphatic heterocycles. The summed E-state index contributed by atoms with van der Waals surface area (Å²) < 4.78 is 0. The van der Waals surface area contributed by atoms with Crippen LogP contribution in [0.1, 0.15) is 64.2 Å². The van der Waals surface area contributed by atoms with Crippen molar-refractivity contribution in [3.8, 4) is 0 Å². The van der Waals surface area contributed by atoms with Crippen molar-refractivity contribution in [1.82, 2.24) is 10.3 Å². The van der Waals surface area contributed by atoms with Gasteiger partial charge in [-0.2, -0.15) is 0 Å². The molecular formula is C29H38ClN3O3. The lowest BCUT2D eigenvalue weighted by Crippen LogP contribution is -2.49. The summed E-state index contributed by atoms with van der Waals surface area (Å²) >= 11 is 6.07. The van der Waals surface area contributed by atoms with E-state index in [-0.39, 0.29) is 12.0 Å². The highest BCUT2D eigenvalue weighted by Gasteiger charge is 2.49. The van der Waals surface area contributed by atoms with Gasteiger partial charge in [0.1, 0.15) is 0 Å². The number of nitrogens with zero attached hydrogens (tertiary/aromatic N) is 1. The Morgan fingerprint density at radius 1 is 0.944 bits per heavy atom. The van der Waals surface area contributed by atoms with Crippen molar-refractivity contribution in [2.45, 2.75) is 76.4 Å². The Hall–Kier alpha value is -1.89. The van der Waals surface area contributed by atoms with Crippen LogP contribution in [-0.4, -0.2) is 36.2 Å². The average Bonchev–Trinajstić information content (AvgIpc) is 2.86. The molecule has 1 heterocycles. The van der Waals surface area contributed by atoms with Gasteiger partial charge in [0.2, 0.25) is 5.91 Å². The maximum Gasteiger partial charge on any atom is 0.220 e. The average molecular weight is 512 g/mol. The molecule has 6 nitrogen and oxygen atoms in total. The van der Waals surface area contributed by atoms with E-state index < -0.39 is 0 Å². The fraction of sp³-hybridized carbons (Fsp3) is 0.655. The second-order valence-electron chi connectivity index (χ2n) is 11.7. The van der Waals surface area contributed by atoms with Gasteiger partial charge in [-0.1, -0.05) is 11.6 Å². The summed E-state index contributed by atoms with van der Waals surface area (Å²) in [6.45, 7) is 1.25. The van der Waals surface area contributed by atoms with E-state index in [0.717, 1.165) is 65.9 Å². The minimum Gasteiger partial charge on any atom is -0.383 e. The number of fused-ring (bicyclic) bond motifs is 1. The van der Waals surface area contributed by atoms with E-state index in [1.807, 2.05) is 24.3 Å². The van der Waals surface area contributed by atoms with Crippen molar-refractivity contribution < 1.29 is 14.6 Å². The number of anilines is 1. The Labute approximate surface area is 218 Å². The number of hydrogen-bond acceptors (Lipinski definition) is 5. The maximum absolute atomic E-state index is 12.5. The number of benzene rings is 1. The van der Waals surface area contributed by atoms with E-state index in [2.05, 4.69) is 15.6 Å². The first-order valence-electron chi connectivity index (χ1n) is 14.0. The number of carbonyl (C=O) groups excluding carboxylic acids is 1. The molecule has 0 unspecified atom stereocenters. The van der Waals surface area contributed by atoms with Crippen LogP contribution in [-0.2, 0) is 14.6 Å². The summed E-state index contributed by atoms with van der Waals surface area (Å²) in [5, 5.41) is 8.18. The van der Waals surface area contributed by atoms with E-state index in [1.54, 1.807) is 6.20 Å². The van der Waals surface area contributed by atoms with E-state index in [0.29, 0.717) is 36.6 Å². The number of pyridine rings is 1. The Bertz CT molecular complexity index is 1040. The second-order valence-corrected chi connectivity index (χ2v) is 12.2. The number of amides is 1. The lowest BCUT2D eigenvalue weighted by Gasteiger charge is -2.53. The van der Waals surface area contributed by atoms with Crippen molar-refractivity contribution in [2.24, 2.45) is 29.6 Å². The molecule has 2 aromatic rings. The smallest absolute Gasteiger partial charge is 0.220 e. The van der Waals surface area contributed by atoms with Crippen molar-refractivity contribution >= 4 is 34.1 Å². The fourth-order valence-electron chi connectivity index (χ4n) is 7.62. The molecule has 0 radical (unpaired) electrons. The quantitative estimate of drug-likeness (QED) is 0.240. The van der Waals surface area contributed by atoms with E-state index in [9.17, 15) is 4.79 Å². The van der Waals surface area contributed by atoms with Gasteiger partial charge in [-0.3, -0.25) is 9.78 Å². The van der Waals surface area contributed by atoms with Gasteiger partial charge in [-0.25, -0.2) is 9.78 Å². The van der Waals surface area contributed by atoms with Gasteiger partial charge in [0.25, 0.3) is 0 Å². The molecule has 1 aromatic heterocycles. The molecule has 5 aliphatic rings. The van der Waals surface area contributed by atoms with Gasteiger partial charge in [-0.05, 0) is 112 Å². The first-order valence-corrected chi connectivity index (χ1v) is 14.4. The minimum absolute atomic E-state index is 0.136. The number of aromatic nitrogens is 1. The van der Waals surface area contributed by atoms with Gasteiger partial charge in [0.05, 0.1) is 17.7 Å². The standard InChI is InChI=1S/C29H38ClN3O3/c30-23-3-6-25-26(7-8-31-27(25)17-23)32-9-10-33-28(34)16-18-1-4-24(5-2-18)35-36-29-21-12-19-11-20(14-21)15-22(29)13-19/h3,6-8,17-22,24,29H,1-2,4-5,9-16H2,(H,31,32)(H,33,34). The van der Waals surface area contributed by atoms with Crippen LogP contribution in [0.5, 0.6) is 0 Å². The highest BCUT2D eigenvalue weighted by molar-refractivity contribution is 6.31. The molecule has 7 heteroatoms. The fourth-order valence-corrected chi connectivity index (χ4v) is 7.78. The number of rotatable bonds is 9. The van der Waals surface area contributed by atoms with Crippen LogP contribution in [0.25, 0.3) is 10.9 Å². The third-order valence-electron chi connectivity index (χ3n) is 9.18. The molecule has 194 valence electrons. The Balaban J connectivity index is 0.876. The van der Waals surface area contributed by atoms with Gasteiger partial charge in [-0.15, -0.1) is 0 Å². The maximum atomic E-state index is 12.5. The Morgan fingerprint density at radius 2 is 1.69 bits per heavy atom. The van der Waals surface area contributed by atoms with Crippen LogP contribution in [0.2, 0.25) is 5.02 Å². The molecule has 0 spiro atoms. The van der Waals surface area contributed by atoms with Crippen molar-refractivity contribution in [3.05, 3.63) is 35.5 Å². The molecule has 5 fully saturated rings. The highest BCUT2D eigenvalue weighted by Crippen LogP contribution is 2.54. The molecule has 0 atom stereocenters. The third-order valence-corrected chi connectivity index (χ3v) is 9.41. The number of nitrogens with one attached hydrogen (secondary N) is 2. The van der Waals surface area contributed by atoms with Crippen molar-refractivity contribution in [3.63, 3.8) is 0 Å². The van der Waals surface area contributed by atoms with Crippen LogP contribution in [0.3, 0.4) is 0 Å². The molecule has 5 aliphatic carbocycles. The Kier molecular flexibility index (Phi) is 7.36. The number of hydrogen-bond donors (Lipinski definition) is 2. The molecule has 5 saturated carbocycles. The summed E-state index contributed by atoms with van der Waals surface area (Å²) in [6, 6.07) is 7.65. The normalized spacial score (nSPS) is 33.1. The molecule has 1 amide bonds. The zero-order valence-corrected chi connectivity index (χ0v) is 21.7. The lowest BCUT2D eigenvalue weighted by atomic mass is 9.55. The van der Waals surface area contributed by atoms with Crippen molar-refractivity contribution in [1.29, 1.82) is 0 Å². The van der Waals surface area contributed by atoms with Gasteiger partial charge < -0.3 is 10.6 Å². The zero-order chi connectivity index (χ0) is 24.5. The third kappa shape index (κ3) is 5.51. The molecule has 7 rings (SSSR count). The molecule has 36 heavy (non-hydrogen) atoms. The van der Waals surface area contributed by atoms with Crippen LogP contribution in [0, 0.1) is 29.6 Å². The SMILES string of the molecule is O=C(CC1CCC(OOC2C3CC4CC(C3)CC2C4)CC1)NCCNc1ccnc2cc(Cl)ccc12. The van der Waals surface area contributed by atoms with Crippen LogP contribution < -0.4 is 10.6 Å². The zero-order valence-electron chi connectivity index (χ0n) is 21.0. The summed E-state index contributed by atoms with van der Waals surface area (Å²) in [7, 11) is 0. The monoisotopic (exact) mass is 511 g/mol. The van der Waals surface area contributed by atoms with Crippen LogP contribution >= 0.6 is 11.6 Å². The largest absolute Gasteiger partial charge is 0.383 e. The first kappa shape index (κ1) is 24.4. The van der Waals surface area contributed by atoms with Crippen LogP contribution in [0.4, 0.5) is 5.69 Å². The summed E-state index contributed by atoms with van der Waals surface area (Å²) in [6.07, 6.45) is 13.8. The predicted octanol–water partition coefficient (Wildman–Crippen LogP) is 6.14. The molecule has 1 aromatic carbocycles. The molecule has 0 saturated heterocycles. The first-order chi connectivity index (χ1) is 17.6. The number of carbonyl (C=O) groups is 1. The van der Waals surface area contributed by atoms with E-state index in [1.165, 1.54) is 32.1 Å². The summed E-state index contributed by atoms with van der Waals surface area (Å²) in [5.41, 5.74) is 1.86. The van der Waals surface area contributed by atoms with Gasteiger partial charge >= 0.3 is 0 Å². The molecule has 4 bridgehead atoms. The Morgan fingerprint density at radius 3 is 2.44 bits per heavy atom. The molecular weight excluding hydrogens is 474 g/mol. The second kappa shape index (κ2) is 10.8. The number of halogens is 1. The van der Waals surface area contributed by atoms with E-state index >= 15 is 0 Å². The highest BCUT2D eigenvalue weighted by atomic mass is 35.5. The van der Waals surface area contributed by atoms with Crippen molar-refractivity contribution in [2.75, 3.05) is 18.4 Å². The van der Waals surface area contributed by atoms with E-state index in [4.69, 9.17) is 21.4 Å². The van der Waals surface area contributed by atoms with Crippen LogP contribution in [0.15, 0.2) is 30.5 Å². The van der Waals surface area contributed by atoms with Gasteiger partial charge in [0, 0.05) is 41.8 Å².